The molecule has 0 fully saturated rings. The molecule has 0 spiro atoms. The number of guanidine groups is 1. The maximum atomic E-state index is 8.19. The predicted molar refractivity (Wildman–Crippen MR) is 36.3 cm³/mol. The number of hydrogen-bond acceptors (Lipinski definition) is 2. The quantitative estimate of drug-likeness (QED) is 0.248. The molecule has 0 aliphatic carbocycles. The van der Waals surface area contributed by atoms with Crippen LogP contribution >= 0.6 is 0 Å². The van der Waals surface area contributed by atoms with Crippen LogP contribution < -0.4 is 11.2 Å². The second kappa shape index (κ2) is 2.68. The molecule has 4 N–H and O–H groups in total. The molecule has 0 saturated heterocycles. The lowest BCUT2D eigenvalue weighted by atomic mass is 10.1. The molecule has 0 amide bonds. The van der Waals surface area contributed by atoms with Crippen LogP contribution in [0, 0.1) is 0 Å². The molecule has 0 aromatic carbocycles. The van der Waals surface area contributed by atoms with E-state index in [0.717, 1.165) is 0 Å². The van der Waals surface area contributed by atoms with E-state index in [1.54, 1.807) is 5.48 Å². The first-order valence-corrected chi connectivity index (χ1v) is 2.71. The van der Waals surface area contributed by atoms with Gasteiger partial charge in [-0.05, 0) is 20.8 Å². The first-order chi connectivity index (χ1) is 3.95. The molecule has 4 heteroatoms. The maximum absolute atomic E-state index is 8.19. The van der Waals surface area contributed by atoms with E-state index in [1.807, 2.05) is 20.8 Å². The van der Waals surface area contributed by atoms with Gasteiger partial charge in [0.05, 0.1) is 5.54 Å². The lowest BCUT2D eigenvalue weighted by Gasteiger charge is -2.11. The lowest BCUT2D eigenvalue weighted by molar-refractivity contribution is 0.231. The van der Waals surface area contributed by atoms with Crippen LogP contribution in [0.25, 0.3) is 0 Å². The van der Waals surface area contributed by atoms with E-state index in [4.69, 9.17) is 10.9 Å². The van der Waals surface area contributed by atoms with Gasteiger partial charge in [0.1, 0.15) is 0 Å². The van der Waals surface area contributed by atoms with E-state index in [-0.39, 0.29) is 11.5 Å². The van der Waals surface area contributed by atoms with Crippen LogP contribution in [0.1, 0.15) is 20.8 Å². The van der Waals surface area contributed by atoms with Gasteiger partial charge in [0.15, 0.2) is 0 Å². The zero-order valence-corrected chi connectivity index (χ0v) is 5.97. The molecule has 0 unspecified atom stereocenters. The molecule has 0 bridgehead atoms. The lowest BCUT2D eigenvalue weighted by Crippen LogP contribution is -2.31. The predicted octanol–water partition coefficient (Wildman–Crippen LogP) is 0.0784. The fourth-order valence-electron chi connectivity index (χ4n) is 0.386. The third-order valence-electron chi connectivity index (χ3n) is 0.570. The maximum Gasteiger partial charge on any atom is 0.213 e. The smallest absolute Gasteiger partial charge is 0.213 e. The van der Waals surface area contributed by atoms with Gasteiger partial charge in [-0.3, -0.25) is 5.21 Å². The number of nitrogens with two attached hydrogens (primary N) is 1. The molecule has 0 aromatic rings. The van der Waals surface area contributed by atoms with E-state index in [0.29, 0.717) is 0 Å². The van der Waals surface area contributed by atoms with Crippen molar-refractivity contribution in [1.82, 2.24) is 5.48 Å². The molecular weight excluding hydrogens is 118 g/mol. The van der Waals surface area contributed by atoms with Gasteiger partial charge >= 0.3 is 0 Å². The number of aliphatic imine (C=N–C) groups is 1. The van der Waals surface area contributed by atoms with Gasteiger partial charge in [-0.15, -0.1) is 0 Å². The fourth-order valence-corrected chi connectivity index (χ4v) is 0.386. The monoisotopic (exact) mass is 131 g/mol. The molecule has 54 valence electrons. The van der Waals surface area contributed by atoms with E-state index in [9.17, 15) is 0 Å². The minimum absolute atomic E-state index is 0.0440. The first-order valence-electron chi connectivity index (χ1n) is 2.71. The zero-order valence-electron chi connectivity index (χ0n) is 5.97. The van der Waals surface area contributed by atoms with Crippen molar-refractivity contribution in [1.29, 1.82) is 0 Å². The van der Waals surface area contributed by atoms with Crippen LogP contribution in [0.15, 0.2) is 4.99 Å². The van der Waals surface area contributed by atoms with Crippen LogP contribution in [0.5, 0.6) is 0 Å². The van der Waals surface area contributed by atoms with Gasteiger partial charge in [-0.25, -0.2) is 10.5 Å². The number of hydrogen-bond donors (Lipinski definition) is 3. The summed E-state index contributed by atoms with van der Waals surface area (Å²) in [6.45, 7) is 5.66. The Bertz CT molecular complexity index is 114. The Hall–Kier alpha value is -0.770. The molecular formula is C5H13N3O. The molecule has 4 nitrogen and oxygen atoms in total. The third kappa shape index (κ3) is 5.10. The van der Waals surface area contributed by atoms with Gasteiger partial charge in [0, 0.05) is 0 Å². The van der Waals surface area contributed by atoms with Gasteiger partial charge in [-0.1, -0.05) is 0 Å². The summed E-state index contributed by atoms with van der Waals surface area (Å²) >= 11 is 0. The standard InChI is InChI=1S/C5H13N3O/c1-5(2,3)7-4(6)8-9/h9H,1-3H3,(H3,6,7,8). The molecule has 0 rings (SSSR count). The molecule has 0 aliphatic heterocycles. The SMILES string of the molecule is CC(C)(C)N=C(N)NO. The van der Waals surface area contributed by atoms with Crippen molar-refractivity contribution in [3.05, 3.63) is 0 Å². The van der Waals surface area contributed by atoms with Crippen LogP contribution in [0.3, 0.4) is 0 Å². The van der Waals surface area contributed by atoms with Gasteiger partial charge in [-0.2, -0.15) is 0 Å². The second-order valence-corrected chi connectivity index (χ2v) is 2.78. The van der Waals surface area contributed by atoms with Crippen molar-refractivity contribution >= 4 is 5.96 Å². The van der Waals surface area contributed by atoms with Crippen molar-refractivity contribution in [2.45, 2.75) is 26.3 Å². The largest absolute Gasteiger partial charge is 0.368 e. The Morgan fingerprint density at radius 1 is 1.56 bits per heavy atom. The molecule has 0 radical (unpaired) electrons. The van der Waals surface area contributed by atoms with Gasteiger partial charge < -0.3 is 5.73 Å². The van der Waals surface area contributed by atoms with Crippen molar-refractivity contribution in [2.75, 3.05) is 0 Å². The Balaban J connectivity index is 3.95. The molecule has 0 saturated carbocycles. The molecule has 0 aliphatic rings. The second-order valence-electron chi connectivity index (χ2n) is 2.78. The normalized spacial score (nSPS) is 13.6. The highest BCUT2D eigenvalue weighted by atomic mass is 16.5. The number of hydroxylamine groups is 1. The van der Waals surface area contributed by atoms with Gasteiger partial charge in [0.25, 0.3) is 0 Å². The van der Waals surface area contributed by atoms with E-state index in [2.05, 4.69) is 4.99 Å². The Labute approximate surface area is 54.7 Å². The third-order valence-corrected chi connectivity index (χ3v) is 0.570. The van der Waals surface area contributed by atoms with Gasteiger partial charge in [0.2, 0.25) is 5.96 Å². The van der Waals surface area contributed by atoms with E-state index in [1.165, 1.54) is 0 Å². The van der Waals surface area contributed by atoms with E-state index >= 15 is 0 Å². The Kier molecular flexibility index (Phi) is 2.45. The van der Waals surface area contributed by atoms with Crippen LogP contribution in [0.2, 0.25) is 0 Å². The highest BCUT2D eigenvalue weighted by Crippen LogP contribution is 2.04. The Morgan fingerprint density at radius 3 is 2.11 bits per heavy atom. The molecule has 0 atom stereocenters. The zero-order chi connectivity index (χ0) is 7.49. The highest BCUT2D eigenvalue weighted by molar-refractivity contribution is 5.76. The van der Waals surface area contributed by atoms with Crippen molar-refractivity contribution in [2.24, 2.45) is 10.7 Å². The molecule has 9 heavy (non-hydrogen) atoms. The number of rotatable bonds is 0. The summed E-state index contributed by atoms with van der Waals surface area (Å²) < 4.78 is 0. The highest BCUT2D eigenvalue weighted by Gasteiger charge is 2.06. The Morgan fingerprint density at radius 2 is 2.00 bits per heavy atom. The average Bonchev–Trinajstić information content (AvgIpc) is 1.62. The molecule has 0 aromatic heterocycles. The van der Waals surface area contributed by atoms with Crippen LogP contribution in [-0.4, -0.2) is 16.7 Å². The van der Waals surface area contributed by atoms with Crippen molar-refractivity contribution in [3.63, 3.8) is 0 Å². The molecule has 0 heterocycles. The first kappa shape index (κ1) is 8.23. The topological polar surface area (TPSA) is 70.6 Å². The summed E-state index contributed by atoms with van der Waals surface area (Å²) in [7, 11) is 0. The minimum Gasteiger partial charge on any atom is -0.368 e. The van der Waals surface area contributed by atoms with Crippen molar-refractivity contribution < 1.29 is 5.21 Å². The number of nitrogens with one attached hydrogen (secondary N) is 1. The van der Waals surface area contributed by atoms with Crippen molar-refractivity contribution in [3.8, 4) is 0 Å². The summed E-state index contributed by atoms with van der Waals surface area (Å²) in [5.74, 6) is 0.0440. The summed E-state index contributed by atoms with van der Waals surface area (Å²) in [6, 6.07) is 0. The summed E-state index contributed by atoms with van der Waals surface area (Å²) in [5, 5.41) is 8.19. The summed E-state index contributed by atoms with van der Waals surface area (Å²) in [5.41, 5.74) is 6.66. The summed E-state index contributed by atoms with van der Waals surface area (Å²) in [4.78, 5) is 3.86. The summed E-state index contributed by atoms with van der Waals surface area (Å²) in [6.07, 6.45) is 0. The fraction of sp³-hybridized carbons (Fsp3) is 0.800. The van der Waals surface area contributed by atoms with Crippen LogP contribution in [-0.2, 0) is 0 Å². The number of nitrogens with zero attached hydrogens (tertiary/aromatic N) is 1. The van der Waals surface area contributed by atoms with Crippen LogP contribution in [0.4, 0.5) is 0 Å². The minimum atomic E-state index is -0.236. The average molecular weight is 131 g/mol. The van der Waals surface area contributed by atoms with E-state index < -0.39 is 0 Å².